The standard InChI is InChI=1S/C16H16BrFN2O3/c1-22-16(21)15-13(19-20-7-3-2-4-14(15)20)9-23-10-5-6-12(18)11(17)8-10/h5-6,8H,2-4,7,9H2,1H3. The maximum Gasteiger partial charge on any atom is 0.341 e. The highest BCUT2D eigenvalue weighted by Gasteiger charge is 2.26. The van der Waals surface area contributed by atoms with E-state index in [9.17, 15) is 9.18 Å². The average Bonchev–Trinajstić information content (AvgIpc) is 2.93. The zero-order valence-corrected chi connectivity index (χ0v) is 14.2. The number of aromatic nitrogens is 2. The van der Waals surface area contributed by atoms with Gasteiger partial charge in [0.25, 0.3) is 0 Å². The van der Waals surface area contributed by atoms with E-state index in [2.05, 4.69) is 21.0 Å². The van der Waals surface area contributed by atoms with E-state index in [4.69, 9.17) is 9.47 Å². The number of hydrogen-bond donors (Lipinski definition) is 0. The molecule has 0 fully saturated rings. The summed E-state index contributed by atoms with van der Waals surface area (Å²) in [6.07, 6.45) is 2.88. The minimum absolute atomic E-state index is 0.127. The molecule has 0 saturated carbocycles. The van der Waals surface area contributed by atoms with Crippen LogP contribution in [0.15, 0.2) is 22.7 Å². The molecule has 0 atom stereocenters. The minimum atomic E-state index is -0.396. The third kappa shape index (κ3) is 3.24. The number of aryl methyl sites for hydroxylation is 1. The molecule has 1 aromatic heterocycles. The van der Waals surface area contributed by atoms with Crippen LogP contribution in [-0.2, 0) is 24.3 Å². The molecule has 0 N–H and O–H groups in total. The average molecular weight is 383 g/mol. The second-order valence-electron chi connectivity index (χ2n) is 5.30. The molecule has 0 saturated heterocycles. The summed E-state index contributed by atoms with van der Waals surface area (Å²) in [6.45, 7) is 0.921. The zero-order valence-electron chi connectivity index (χ0n) is 12.6. The summed E-state index contributed by atoms with van der Waals surface area (Å²) < 4.78 is 26.0. The number of carbonyl (C=O) groups excluding carboxylic acids is 1. The number of ether oxygens (including phenoxy) is 2. The first-order valence-electron chi connectivity index (χ1n) is 7.35. The third-order valence-corrected chi connectivity index (χ3v) is 4.43. The highest BCUT2D eigenvalue weighted by Crippen LogP contribution is 2.25. The fourth-order valence-corrected chi connectivity index (χ4v) is 3.06. The summed E-state index contributed by atoms with van der Waals surface area (Å²) in [5, 5.41) is 4.48. The molecule has 1 aliphatic heterocycles. The molecule has 0 aliphatic carbocycles. The summed E-state index contributed by atoms with van der Waals surface area (Å²) >= 11 is 3.12. The highest BCUT2D eigenvalue weighted by molar-refractivity contribution is 9.10. The topological polar surface area (TPSA) is 53.4 Å². The molecule has 3 rings (SSSR count). The van der Waals surface area contributed by atoms with E-state index in [-0.39, 0.29) is 12.4 Å². The summed E-state index contributed by atoms with van der Waals surface area (Å²) in [5.74, 6) is -0.253. The number of halogens is 2. The lowest BCUT2D eigenvalue weighted by Gasteiger charge is -2.13. The lowest BCUT2D eigenvalue weighted by Crippen LogP contribution is -2.14. The van der Waals surface area contributed by atoms with Gasteiger partial charge in [-0.05, 0) is 53.4 Å². The second kappa shape index (κ2) is 6.70. The van der Waals surface area contributed by atoms with Crippen LogP contribution in [0.3, 0.4) is 0 Å². The summed E-state index contributed by atoms with van der Waals surface area (Å²) in [4.78, 5) is 12.1. The molecule has 122 valence electrons. The van der Waals surface area contributed by atoms with Crippen LogP contribution in [0.25, 0.3) is 0 Å². The van der Waals surface area contributed by atoms with E-state index in [1.54, 1.807) is 6.07 Å². The Morgan fingerprint density at radius 2 is 2.26 bits per heavy atom. The van der Waals surface area contributed by atoms with Crippen LogP contribution in [0.2, 0.25) is 0 Å². The zero-order chi connectivity index (χ0) is 16.4. The second-order valence-corrected chi connectivity index (χ2v) is 6.16. The number of rotatable bonds is 4. The van der Waals surface area contributed by atoms with Crippen molar-refractivity contribution in [3.63, 3.8) is 0 Å². The van der Waals surface area contributed by atoms with Crippen molar-refractivity contribution in [2.45, 2.75) is 32.4 Å². The Kier molecular flexibility index (Phi) is 4.66. The van der Waals surface area contributed by atoms with Crippen LogP contribution in [-0.4, -0.2) is 22.9 Å². The smallest absolute Gasteiger partial charge is 0.341 e. The van der Waals surface area contributed by atoms with Crippen molar-refractivity contribution < 1.29 is 18.7 Å². The van der Waals surface area contributed by atoms with Crippen molar-refractivity contribution in [1.82, 2.24) is 9.78 Å². The van der Waals surface area contributed by atoms with Gasteiger partial charge in [0.05, 0.1) is 17.3 Å². The number of nitrogens with zero attached hydrogens (tertiary/aromatic N) is 2. The molecule has 0 unspecified atom stereocenters. The van der Waals surface area contributed by atoms with Crippen molar-refractivity contribution in [2.75, 3.05) is 7.11 Å². The van der Waals surface area contributed by atoms with Crippen LogP contribution in [0.1, 0.15) is 34.6 Å². The van der Waals surface area contributed by atoms with Crippen LogP contribution >= 0.6 is 15.9 Å². The molecule has 2 aromatic rings. The number of benzene rings is 1. The van der Waals surface area contributed by atoms with Crippen molar-refractivity contribution >= 4 is 21.9 Å². The van der Waals surface area contributed by atoms with Gasteiger partial charge >= 0.3 is 5.97 Å². The molecule has 5 nitrogen and oxygen atoms in total. The van der Waals surface area contributed by atoms with E-state index < -0.39 is 5.97 Å². The Morgan fingerprint density at radius 3 is 3.00 bits per heavy atom. The van der Waals surface area contributed by atoms with Gasteiger partial charge in [0.1, 0.15) is 29.4 Å². The third-order valence-electron chi connectivity index (χ3n) is 3.82. The first-order chi connectivity index (χ1) is 11.1. The van der Waals surface area contributed by atoms with Gasteiger partial charge in [-0.15, -0.1) is 0 Å². The van der Waals surface area contributed by atoms with Gasteiger partial charge in [0, 0.05) is 6.54 Å². The number of hydrogen-bond acceptors (Lipinski definition) is 4. The summed E-state index contributed by atoms with van der Waals surface area (Å²) in [5.41, 5.74) is 1.95. The predicted molar refractivity (Wildman–Crippen MR) is 84.9 cm³/mol. The largest absolute Gasteiger partial charge is 0.487 e. The Balaban J connectivity index is 1.85. The maximum absolute atomic E-state index is 13.3. The number of methoxy groups -OCH3 is 1. The normalized spacial score (nSPS) is 13.5. The summed E-state index contributed by atoms with van der Waals surface area (Å²) in [7, 11) is 1.36. The van der Waals surface area contributed by atoms with E-state index in [0.717, 1.165) is 31.5 Å². The molecule has 2 heterocycles. The molecule has 0 amide bonds. The van der Waals surface area contributed by atoms with Crippen molar-refractivity contribution in [3.8, 4) is 5.75 Å². The number of fused-ring (bicyclic) bond motifs is 1. The first-order valence-corrected chi connectivity index (χ1v) is 8.14. The highest BCUT2D eigenvalue weighted by atomic mass is 79.9. The predicted octanol–water partition coefficient (Wildman–Crippen LogP) is 3.49. The Morgan fingerprint density at radius 1 is 1.43 bits per heavy atom. The van der Waals surface area contributed by atoms with Crippen molar-refractivity contribution in [1.29, 1.82) is 0 Å². The van der Waals surface area contributed by atoms with Gasteiger partial charge in [0.2, 0.25) is 0 Å². The van der Waals surface area contributed by atoms with Gasteiger partial charge < -0.3 is 9.47 Å². The fourth-order valence-electron chi connectivity index (χ4n) is 2.70. The molecule has 0 spiro atoms. The first kappa shape index (κ1) is 16.0. The monoisotopic (exact) mass is 382 g/mol. The Labute approximate surface area is 141 Å². The molecule has 0 radical (unpaired) electrons. The van der Waals surface area contributed by atoms with Gasteiger partial charge in [0.15, 0.2) is 0 Å². The Hall–Kier alpha value is -1.89. The van der Waals surface area contributed by atoms with Crippen LogP contribution in [0.5, 0.6) is 5.75 Å². The quantitative estimate of drug-likeness (QED) is 0.759. The minimum Gasteiger partial charge on any atom is -0.487 e. The van der Waals surface area contributed by atoms with Gasteiger partial charge in [-0.25, -0.2) is 9.18 Å². The van der Waals surface area contributed by atoms with Gasteiger partial charge in [-0.3, -0.25) is 4.68 Å². The van der Waals surface area contributed by atoms with Crippen LogP contribution in [0.4, 0.5) is 4.39 Å². The van der Waals surface area contributed by atoms with Crippen LogP contribution in [0, 0.1) is 5.82 Å². The lowest BCUT2D eigenvalue weighted by atomic mass is 10.1. The van der Waals surface area contributed by atoms with Crippen molar-refractivity contribution in [3.05, 3.63) is 45.4 Å². The molecule has 23 heavy (non-hydrogen) atoms. The Bertz CT molecular complexity index is 745. The van der Waals surface area contributed by atoms with Crippen LogP contribution < -0.4 is 4.74 Å². The molecule has 7 heteroatoms. The van der Waals surface area contributed by atoms with Crippen molar-refractivity contribution in [2.24, 2.45) is 0 Å². The van der Waals surface area contributed by atoms with E-state index in [1.165, 1.54) is 19.2 Å². The molecular weight excluding hydrogens is 367 g/mol. The number of esters is 1. The summed E-state index contributed by atoms with van der Waals surface area (Å²) in [6, 6.07) is 4.40. The SMILES string of the molecule is COC(=O)c1c(COc2ccc(F)c(Br)c2)nn2c1CCCC2. The van der Waals surface area contributed by atoms with E-state index in [1.807, 2.05) is 4.68 Å². The molecule has 1 aromatic carbocycles. The maximum atomic E-state index is 13.3. The molecule has 0 bridgehead atoms. The van der Waals surface area contributed by atoms with Gasteiger partial charge in [-0.2, -0.15) is 5.10 Å². The fraction of sp³-hybridized carbons (Fsp3) is 0.375. The van der Waals surface area contributed by atoms with E-state index >= 15 is 0 Å². The molecular formula is C16H16BrFN2O3. The number of carbonyl (C=O) groups is 1. The van der Waals surface area contributed by atoms with Gasteiger partial charge in [-0.1, -0.05) is 0 Å². The lowest BCUT2D eigenvalue weighted by molar-refractivity contribution is 0.0596. The molecule has 1 aliphatic rings. The van der Waals surface area contributed by atoms with E-state index in [0.29, 0.717) is 21.5 Å².